The Hall–Kier alpha value is -2.13. The number of nitrogens with zero attached hydrogens (tertiary/aromatic N) is 2. The normalized spacial score (nSPS) is 12.0. The zero-order chi connectivity index (χ0) is 15.9. The van der Waals surface area contributed by atoms with E-state index >= 15 is 0 Å². The van der Waals surface area contributed by atoms with Crippen LogP contribution in [0.4, 0.5) is 0 Å². The lowest BCUT2D eigenvalue weighted by Gasteiger charge is -2.13. The zero-order valence-electron chi connectivity index (χ0n) is 13.8. The van der Waals surface area contributed by atoms with Crippen LogP contribution in [0.3, 0.4) is 0 Å². The number of hydrogen-bond acceptors (Lipinski definition) is 3. The molecular weight excluding hydrogens is 272 g/mol. The Morgan fingerprint density at radius 3 is 2.18 bits per heavy atom. The summed E-state index contributed by atoms with van der Waals surface area (Å²) in [4.78, 5) is 6.26. The standard InChI is InChI=1S/C19H24N2O/c1-15(2)22-18-7-5-16(6-8-18)19(11-14-21(3)4)17-9-12-20-13-10-17/h5-13,15H,14H2,1-4H3/b19-11-. The molecule has 0 N–H and O–H groups in total. The monoisotopic (exact) mass is 296 g/mol. The Morgan fingerprint density at radius 2 is 1.64 bits per heavy atom. The van der Waals surface area contributed by atoms with Crippen LogP contribution in [0.5, 0.6) is 5.75 Å². The van der Waals surface area contributed by atoms with Crippen molar-refractivity contribution in [2.45, 2.75) is 20.0 Å². The number of aromatic nitrogens is 1. The molecular formula is C19H24N2O. The highest BCUT2D eigenvalue weighted by molar-refractivity contribution is 5.79. The molecule has 0 radical (unpaired) electrons. The maximum atomic E-state index is 5.72. The lowest BCUT2D eigenvalue weighted by atomic mass is 9.98. The highest BCUT2D eigenvalue weighted by Crippen LogP contribution is 2.25. The molecule has 3 nitrogen and oxygen atoms in total. The molecule has 3 heteroatoms. The number of hydrogen-bond donors (Lipinski definition) is 0. The van der Waals surface area contributed by atoms with Crippen LogP contribution >= 0.6 is 0 Å². The quantitative estimate of drug-likeness (QED) is 0.809. The molecule has 0 fully saturated rings. The molecule has 1 aromatic carbocycles. The molecule has 0 unspecified atom stereocenters. The number of benzene rings is 1. The SMILES string of the molecule is CC(C)Oc1ccc(/C(=C/CN(C)C)c2ccncc2)cc1. The van der Waals surface area contributed by atoms with E-state index in [1.165, 1.54) is 16.7 Å². The van der Waals surface area contributed by atoms with Gasteiger partial charge in [-0.15, -0.1) is 0 Å². The summed E-state index contributed by atoms with van der Waals surface area (Å²) in [6.07, 6.45) is 6.09. The van der Waals surface area contributed by atoms with Gasteiger partial charge in [-0.05, 0) is 68.9 Å². The molecule has 0 aliphatic rings. The number of ether oxygens (including phenoxy) is 1. The van der Waals surface area contributed by atoms with E-state index in [9.17, 15) is 0 Å². The minimum Gasteiger partial charge on any atom is -0.491 e. The summed E-state index contributed by atoms with van der Waals surface area (Å²) in [5, 5.41) is 0. The summed E-state index contributed by atoms with van der Waals surface area (Å²) in [5.74, 6) is 0.903. The maximum absolute atomic E-state index is 5.72. The highest BCUT2D eigenvalue weighted by Gasteiger charge is 2.06. The van der Waals surface area contributed by atoms with Crippen LogP contribution in [-0.2, 0) is 0 Å². The van der Waals surface area contributed by atoms with Gasteiger partial charge < -0.3 is 9.64 Å². The fourth-order valence-corrected chi connectivity index (χ4v) is 2.19. The van der Waals surface area contributed by atoms with E-state index in [1.54, 1.807) is 0 Å². The van der Waals surface area contributed by atoms with Gasteiger partial charge in [-0.1, -0.05) is 18.2 Å². The van der Waals surface area contributed by atoms with E-state index in [2.05, 4.69) is 42.2 Å². The lowest BCUT2D eigenvalue weighted by molar-refractivity contribution is 0.242. The first kappa shape index (κ1) is 16.2. The van der Waals surface area contributed by atoms with Crippen molar-refractivity contribution in [2.24, 2.45) is 0 Å². The van der Waals surface area contributed by atoms with Gasteiger partial charge in [0.25, 0.3) is 0 Å². The molecule has 2 aromatic rings. The molecule has 1 aromatic heterocycles. The van der Waals surface area contributed by atoms with Crippen molar-refractivity contribution in [3.8, 4) is 5.75 Å². The predicted octanol–water partition coefficient (Wildman–Crippen LogP) is 3.86. The van der Waals surface area contributed by atoms with Gasteiger partial charge in [0.15, 0.2) is 0 Å². The average Bonchev–Trinajstić information content (AvgIpc) is 2.49. The fraction of sp³-hybridized carbons (Fsp3) is 0.316. The van der Waals surface area contributed by atoms with Gasteiger partial charge in [-0.25, -0.2) is 0 Å². The minimum absolute atomic E-state index is 0.190. The predicted molar refractivity (Wildman–Crippen MR) is 92.1 cm³/mol. The second-order valence-electron chi connectivity index (χ2n) is 5.81. The fourth-order valence-electron chi connectivity index (χ4n) is 2.19. The van der Waals surface area contributed by atoms with Gasteiger partial charge in [0.05, 0.1) is 6.10 Å². The summed E-state index contributed by atoms with van der Waals surface area (Å²) in [5.41, 5.74) is 3.57. The van der Waals surface area contributed by atoms with Crippen LogP contribution < -0.4 is 4.74 Å². The van der Waals surface area contributed by atoms with Crippen LogP contribution in [0, 0.1) is 0 Å². The number of pyridine rings is 1. The largest absolute Gasteiger partial charge is 0.491 e. The minimum atomic E-state index is 0.190. The van der Waals surface area contributed by atoms with E-state index in [0.717, 1.165) is 12.3 Å². The van der Waals surface area contributed by atoms with Crippen molar-refractivity contribution in [3.63, 3.8) is 0 Å². The first-order valence-electron chi connectivity index (χ1n) is 7.58. The molecule has 0 saturated heterocycles. The summed E-state index contributed by atoms with van der Waals surface area (Å²) in [7, 11) is 4.14. The van der Waals surface area contributed by atoms with Gasteiger partial charge in [-0.2, -0.15) is 0 Å². The van der Waals surface area contributed by atoms with Crippen LogP contribution in [0.25, 0.3) is 5.57 Å². The van der Waals surface area contributed by atoms with Gasteiger partial charge >= 0.3 is 0 Å². The van der Waals surface area contributed by atoms with Crippen molar-refractivity contribution in [2.75, 3.05) is 20.6 Å². The average molecular weight is 296 g/mol. The third kappa shape index (κ3) is 4.71. The van der Waals surface area contributed by atoms with Gasteiger partial charge in [0.1, 0.15) is 5.75 Å². The first-order chi connectivity index (χ1) is 10.6. The topological polar surface area (TPSA) is 25.4 Å². The van der Waals surface area contributed by atoms with Crippen molar-refractivity contribution in [1.29, 1.82) is 0 Å². The van der Waals surface area contributed by atoms with Crippen LogP contribution in [0.15, 0.2) is 54.9 Å². The second kappa shape index (κ2) is 7.76. The Labute approximate surface area is 133 Å². The zero-order valence-corrected chi connectivity index (χ0v) is 13.8. The number of rotatable bonds is 6. The van der Waals surface area contributed by atoms with E-state index in [0.29, 0.717) is 0 Å². The molecule has 0 aliphatic carbocycles. The number of likely N-dealkylation sites (N-methyl/N-ethyl adjacent to an activating group) is 1. The van der Waals surface area contributed by atoms with E-state index in [1.807, 2.05) is 50.5 Å². The van der Waals surface area contributed by atoms with Gasteiger partial charge in [-0.3, -0.25) is 4.98 Å². The van der Waals surface area contributed by atoms with Crippen LogP contribution in [-0.4, -0.2) is 36.6 Å². The summed E-state index contributed by atoms with van der Waals surface area (Å²) in [6.45, 7) is 4.96. The first-order valence-corrected chi connectivity index (χ1v) is 7.58. The third-order valence-electron chi connectivity index (χ3n) is 3.19. The van der Waals surface area contributed by atoms with E-state index < -0.39 is 0 Å². The maximum Gasteiger partial charge on any atom is 0.119 e. The Balaban J connectivity index is 2.31. The molecule has 22 heavy (non-hydrogen) atoms. The Kier molecular flexibility index (Phi) is 5.73. The van der Waals surface area contributed by atoms with E-state index in [4.69, 9.17) is 4.74 Å². The van der Waals surface area contributed by atoms with Gasteiger partial charge in [0.2, 0.25) is 0 Å². The van der Waals surface area contributed by atoms with Crippen molar-refractivity contribution >= 4 is 5.57 Å². The molecule has 1 heterocycles. The Morgan fingerprint density at radius 1 is 1.05 bits per heavy atom. The second-order valence-corrected chi connectivity index (χ2v) is 5.81. The smallest absolute Gasteiger partial charge is 0.119 e. The molecule has 0 spiro atoms. The molecule has 2 rings (SSSR count). The molecule has 0 aliphatic heterocycles. The van der Waals surface area contributed by atoms with Crippen molar-refractivity contribution in [1.82, 2.24) is 9.88 Å². The van der Waals surface area contributed by atoms with Gasteiger partial charge in [0, 0.05) is 18.9 Å². The summed E-state index contributed by atoms with van der Waals surface area (Å²) in [6, 6.07) is 12.4. The van der Waals surface area contributed by atoms with E-state index in [-0.39, 0.29) is 6.10 Å². The molecule has 0 amide bonds. The molecule has 0 atom stereocenters. The van der Waals surface area contributed by atoms with Crippen LogP contribution in [0.2, 0.25) is 0 Å². The van der Waals surface area contributed by atoms with Crippen LogP contribution in [0.1, 0.15) is 25.0 Å². The Bertz CT molecular complexity index is 601. The molecule has 116 valence electrons. The third-order valence-corrected chi connectivity index (χ3v) is 3.19. The lowest BCUT2D eigenvalue weighted by Crippen LogP contribution is -2.11. The molecule has 0 saturated carbocycles. The van der Waals surface area contributed by atoms with Crippen molar-refractivity contribution in [3.05, 3.63) is 66.0 Å². The summed E-state index contributed by atoms with van der Waals surface area (Å²) < 4.78 is 5.72. The molecule has 0 bridgehead atoms. The van der Waals surface area contributed by atoms with Crippen molar-refractivity contribution < 1.29 is 4.74 Å². The summed E-state index contributed by atoms with van der Waals surface area (Å²) >= 11 is 0. The highest BCUT2D eigenvalue weighted by atomic mass is 16.5.